The molecule has 5 nitrogen and oxygen atoms in total. The van der Waals surface area contributed by atoms with Gasteiger partial charge in [-0.1, -0.05) is 29.5 Å². The monoisotopic (exact) mass is 326 g/mol. The maximum atomic E-state index is 12.0. The molecule has 0 unspecified atom stereocenters. The summed E-state index contributed by atoms with van der Waals surface area (Å²) in [4.78, 5) is 19.4. The Morgan fingerprint density at radius 1 is 1.30 bits per heavy atom. The Balaban J connectivity index is 1.61. The Labute approximate surface area is 138 Å². The molecule has 0 spiro atoms. The summed E-state index contributed by atoms with van der Waals surface area (Å²) in [5.74, 6) is 0. The van der Waals surface area contributed by atoms with E-state index in [1.165, 1.54) is 38.6 Å². The van der Waals surface area contributed by atoms with E-state index in [4.69, 9.17) is 0 Å². The van der Waals surface area contributed by atoms with Gasteiger partial charge in [-0.2, -0.15) is 9.61 Å². The van der Waals surface area contributed by atoms with Gasteiger partial charge in [-0.25, -0.2) is 4.98 Å². The van der Waals surface area contributed by atoms with Gasteiger partial charge in [0.15, 0.2) is 0 Å². The lowest BCUT2D eigenvalue weighted by Crippen LogP contribution is -2.30. The van der Waals surface area contributed by atoms with E-state index in [9.17, 15) is 4.79 Å². The summed E-state index contributed by atoms with van der Waals surface area (Å²) in [5, 5.41) is 5.39. The maximum absolute atomic E-state index is 12.0. The molecule has 0 atom stereocenters. The molecule has 1 aliphatic rings. The van der Waals surface area contributed by atoms with E-state index in [0.29, 0.717) is 4.96 Å². The van der Waals surface area contributed by atoms with Crippen LogP contribution >= 0.6 is 11.3 Å². The fraction of sp³-hybridized carbons (Fsp3) is 0.353. The van der Waals surface area contributed by atoms with E-state index in [2.05, 4.69) is 40.1 Å². The van der Waals surface area contributed by atoms with Crippen LogP contribution < -0.4 is 5.56 Å². The standard InChI is InChI=1S/C17H18N4OS/c1-11-4-3-5-13-6-7-20(9-14(11)13)10-15-19-21-16(22)8-12(2)18-17(21)23-15/h3-5,8H,6-7,9-10H2,1-2H3. The van der Waals surface area contributed by atoms with Crippen LogP contribution in [0.5, 0.6) is 0 Å². The van der Waals surface area contributed by atoms with Gasteiger partial charge < -0.3 is 0 Å². The molecule has 1 aliphatic heterocycles. The highest BCUT2D eigenvalue weighted by molar-refractivity contribution is 7.16. The minimum Gasteiger partial charge on any atom is -0.292 e. The summed E-state index contributed by atoms with van der Waals surface area (Å²) in [6, 6.07) is 8.06. The van der Waals surface area contributed by atoms with Crippen molar-refractivity contribution in [3.05, 3.63) is 62.0 Å². The van der Waals surface area contributed by atoms with Gasteiger partial charge in [-0.15, -0.1) is 0 Å². The number of benzene rings is 1. The van der Waals surface area contributed by atoms with Crippen molar-refractivity contribution in [1.29, 1.82) is 0 Å². The Morgan fingerprint density at radius 2 is 2.17 bits per heavy atom. The first-order valence-electron chi connectivity index (χ1n) is 7.76. The lowest BCUT2D eigenvalue weighted by atomic mass is 9.96. The summed E-state index contributed by atoms with van der Waals surface area (Å²) in [6.45, 7) is 6.74. The number of aryl methyl sites for hydroxylation is 2. The van der Waals surface area contributed by atoms with Crippen LogP contribution in [0.1, 0.15) is 27.4 Å². The number of hydrogen-bond acceptors (Lipinski definition) is 5. The molecule has 0 bridgehead atoms. The molecule has 0 saturated heterocycles. The van der Waals surface area contributed by atoms with E-state index in [-0.39, 0.29) is 5.56 Å². The predicted octanol–water partition coefficient (Wildman–Crippen LogP) is 2.33. The maximum Gasteiger partial charge on any atom is 0.275 e. The van der Waals surface area contributed by atoms with Crippen LogP contribution in [-0.4, -0.2) is 26.0 Å². The molecular weight excluding hydrogens is 308 g/mol. The summed E-state index contributed by atoms with van der Waals surface area (Å²) in [6.07, 6.45) is 1.07. The zero-order valence-corrected chi connectivity index (χ0v) is 14.1. The van der Waals surface area contributed by atoms with Crippen molar-refractivity contribution in [1.82, 2.24) is 19.5 Å². The Kier molecular flexibility index (Phi) is 3.50. The normalized spacial score (nSPS) is 15.0. The smallest absolute Gasteiger partial charge is 0.275 e. The highest BCUT2D eigenvalue weighted by Gasteiger charge is 2.19. The van der Waals surface area contributed by atoms with E-state index in [1.807, 2.05) is 6.92 Å². The molecule has 0 aliphatic carbocycles. The molecule has 23 heavy (non-hydrogen) atoms. The van der Waals surface area contributed by atoms with Crippen LogP contribution in [0.2, 0.25) is 0 Å². The highest BCUT2D eigenvalue weighted by Crippen LogP contribution is 2.24. The summed E-state index contributed by atoms with van der Waals surface area (Å²) in [7, 11) is 0. The molecule has 4 rings (SSSR count). The van der Waals surface area contributed by atoms with Gasteiger partial charge in [0, 0.05) is 24.8 Å². The zero-order valence-electron chi connectivity index (χ0n) is 13.2. The first-order chi connectivity index (χ1) is 11.1. The highest BCUT2D eigenvalue weighted by atomic mass is 32.1. The van der Waals surface area contributed by atoms with Gasteiger partial charge in [-0.05, 0) is 37.0 Å². The molecule has 0 amide bonds. The minimum absolute atomic E-state index is 0.102. The van der Waals surface area contributed by atoms with Crippen molar-refractivity contribution in [3.8, 4) is 0 Å². The summed E-state index contributed by atoms with van der Waals surface area (Å²) in [5.41, 5.74) is 4.89. The fourth-order valence-electron chi connectivity index (χ4n) is 3.15. The van der Waals surface area contributed by atoms with Gasteiger partial charge >= 0.3 is 0 Å². The summed E-state index contributed by atoms with van der Waals surface area (Å²) >= 11 is 1.50. The van der Waals surface area contributed by atoms with Crippen molar-refractivity contribution in [2.45, 2.75) is 33.4 Å². The molecule has 0 radical (unpaired) electrons. The molecule has 0 fully saturated rings. The quantitative estimate of drug-likeness (QED) is 0.725. The average molecular weight is 326 g/mol. The molecule has 3 heterocycles. The second-order valence-electron chi connectivity index (χ2n) is 6.10. The molecule has 118 valence electrons. The van der Waals surface area contributed by atoms with Crippen LogP contribution in [-0.2, 0) is 19.5 Å². The number of aromatic nitrogens is 3. The summed E-state index contributed by atoms with van der Waals surface area (Å²) < 4.78 is 1.41. The molecule has 0 saturated carbocycles. The van der Waals surface area contributed by atoms with Gasteiger partial charge in [0.1, 0.15) is 5.01 Å². The van der Waals surface area contributed by atoms with Gasteiger partial charge in [0.25, 0.3) is 5.56 Å². The fourth-order valence-corrected chi connectivity index (χ4v) is 4.14. The van der Waals surface area contributed by atoms with Crippen LogP contribution in [0.15, 0.2) is 29.1 Å². The number of nitrogens with zero attached hydrogens (tertiary/aromatic N) is 4. The van der Waals surface area contributed by atoms with Crippen molar-refractivity contribution < 1.29 is 0 Å². The second-order valence-corrected chi connectivity index (χ2v) is 7.14. The molecule has 0 N–H and O–H groups in total. The van der Waals surface area contributed by atoms with Gasteiger partial charge in [0.05, 0.1) is 6.54 Å². The molecule has 3 aromatic rings. The zero-order chi connectivity index (χ0) is 16.0. The Morgan fingerprint density at radius 3 is 3.04 bits per heavy atom. The lowest BCUT2D eigenvalue weighted by molar-refractivity contribution is 0.244. The molecular formula is C17H18N4OS. The van der Waals surface area contributed by atoms with Crippen LogP contribution in [0.3, 0.4) is 0 Å². The molecule has 1 aromatic carbocycles. The average Bonchev–Trinajstić information content (AvgIpc) is 2.91. The topological polar surface area (TPSA) is 50.5 Å². The minimum atomic E-state index is -0.102. The van der Waals surface area contributed by atoms with E-state index in [0.717, 1.165) is 36.8 Å². The Bertz CT molecular complexity index is 943. The van der Waals surface area contributed by atoms with Crippen molar-refractivity contribution in [3.63, 3.8) is 0 Å². The van der Waals surface area contributed by atoms with E-state index < -0.39 is 0 Å². The van der Waals surface area contributed by atoms with E-state index in [1.54, 1.807) is 0 Å². The third kappa shape index (κ3) is 2.68. The third-order valence-electron chi connectivity index (χ3n) is 4.36. The number of rotatable bonds is 2. The molecule has 6 heteroatoms. The van der Waals surface area contributed by atoms with Crippen molar-refractivity contribution in [2.24, 2.45) is 0 Å². The SMILES string of the molecule is Cc1cc(=O)n2nc(CN3CCc4cccc(C)c4C3)sc2n1. The van der Waals surface area contributed by atoms with Crippen molar-refractivity contribution >= 4 is 16.3 Å². The van der Waals surface area contributed by atoms with Crippen LogP contribution in [0.25, 0.3) is 4.96 Å². The third-order valence-corrected chi connectivity index (χ3v) is 5.25. The predicted molar refractivity (Wildman–Crippen MR) is 90.9 cm³/mol. The van der Waals surface area contributed by atoms with Crippen LogP contribution in [0, 0.1) is 13.8 Å². The van der Waals surface area contributed by atoms with Crippen LogP contribution in [0.4, 0.5) is 0 Å². The first-order valence-corrected chi connectivity index (χ1v) is 8.58. The molecule has 2 aromatic heterocycles. The first kappa shape index (κ1) is 14.5. The van der Waals surface area contributed by atoms with Crippen molar-refractivity contribution in [2.75, 3.05) is 6.54 Å². The van der Waals surface area contributed by atoms with E-state index >= 15 is 0 Å². The number of hydrogen-bond donors (Lipinski definition) is 0. The number of fused-ring (bicyclic) bond motifs is 2. The van der Waals surface area contributed by atoms with Gasteiger partial charge in [-0.3, -0.25) is 9.69 Å². The Hall–Kier alpha value is -2.05. The largest absolute Gasteiger partial charge is 0.292 e. The lowest BCUT2D eigenvalue weighted by Gasteiger charge is -2.29. The van der Waals surface area contributed by atoms with Gasteiger partial charge in [0.2, 0.25) is 4.96 Å². The second kappa shape index (κ2) is 5.54.